The number of carbonyl (C=O) groups excluding carboxylic acids is 1. The summed E-state index contributed by atoms with van der Waals surface area (Å²) in [7, 11) is -2.21. The molecule has 0 radical (unpaired) electrons. The molecule has 144 valence electrons. The molecule has 1 aliphatic heterocycles. The van der Waals surface area contributed by atoms with Crippen molar-refractivity contribution in [1.82, 2.24) is 10.0 Å². The number of methoxy groups -OCH3 is 1. The van der Waals surface area contributed by atoms with Crippen molar-refractivity contribution in [2.45, 2.75) is 17.4 Å². The Hall–Kier alpha value is -2.42. The number of carbonyl (C=O) groups is 1. The van der Waals surface area contributed by atoms with Crippen molar-refractivity contribution in [2.24, 2.45) is 0 Å². The van der Waals surface area contributed by atoms with E-state index in [0.717, 1.165) is 11.3 Å². The summed E-state index contributed by atoms with van der Waals surface area (Å²) in [5.41, 5.74) is 1.20. The van der Waals surface area contributed by atoms with E-state index >= 15 is 0 Å². The summed E-state index contributed by atoms with van der Waals surface area (Å²) in [5, 5.41) is 2.97. The van der Waals surface area contributed by atoms with Gasteiger partial charge >= 0.3 is 0 Å². The monoisotopic (exact) mass is 390 g/mol. The molecule has 2 aromatic rings. The first-order valence-electron chi connectivity index (χ1n) is 8.62. The highest BCUT2D eigenvalue weighted by Gasteiger charge is 2.23. The number of rotatable bonds is 7. The summed E-state index contributed by atoms with van der Waals surface area (Å²) in [4.78, 5) is 12.7. The van der Waals surface area contributed by atoms with Crippen molar-refractivity contribution in [3.8, 4) is 5.75 Å². The van der Waals surface area contributed by atoms with Gasteiger partial charge < -0.3 is 14.8 Å². The number of benzene rings is 2. The SMILES string of the molecule is COCCNS(=O)(=O)c1cccc(C(=O)N[C@H]2CCOc3ccccc32)c1. The predicted octanol–water partition coefficient (Wildman–Crippen LogP) is 1.86. The quantitative estimate of drug-likeness (QED) is 0.704. The van der Waals surface area contributed by atoms with E-state index in [-0.39, 0.29) is 35.6 Å². The number of sulfonamides is 1. The van der Waals surface area contributed by atoms with Crippen LogP contribution in [0.3, 0.4) is 0 Å². The highest BCUT2D eigenvalue weighted by atomic mass is 32.2. The fraction of sp³-hybridized carbons (Fsp3) is 0.316. The van der Waals surface area contributed by atoms with Crippen molar-refractivity contribution in [3.63, 3.8) is 0 Å². The van der Waals surface area contributed by atoms with Gasteiger partial charge in [-0.1, -0.05) is 24.3 Å². The molecule has 0 unspecified atom stereocenters. The lowest BCUT2D eigenvalue weighted by Gasteiger charge is -2.26. The summed E-state index contributed by atoms with van der Waals surface area (Å²) in [6.45, 7) is 0.941. The summed E-state index contributed by atoms with van der Waals surface area (Å²) in [5.74, 6) is 0.429. The van der Waals surface area contributed by atoms with Gasteiger partial charge in [-0.05, 0) is 24.3 Å². The maximum atomic E-state index is 12.7. The third-order valence-corrected chi connectivity index (χ3v) is 5.73. The highest BCUT2D eigenvalue weighted by Crippen LogP contribution is 2.31. The zero-order chi connectivity index (χ0) is 19.3. The average Bonchev–Trinajstić information content (AvgIpc) is 2.68. The number of amides is 1. The smallest absolute Gasteiger partial charge is 0.251 e. The Morgan fingerprint density at radius 2 is 2.04 bits per heavy atom. The third-order valence-electron chi connectivity index (χ3n) is 4.27. The molecular formula is C19H22N2O5S. The lowest BCUT2D eigenvalue weighted by Crippen LogP contribution is -2.32. The minimum absolute atomic E-state index is 0.0404. The van der Waals surface area contributed by atoms with Crippen LogP contribution in [0.5, 0.6) is 5.75 Å². The van der Waals surface area contributed by atoms with E-state index < -0.39 is 10.0 Å². The van der Waals surface area contributed by atoms with Gasteiger partial charge in [-0.3, -0.25) is 4.79 Å². The molecule has 0 bridgehead atoms. The van der Waals surface area contributed by atoms with Gasteiger partial charge in [0.1, 0.15) is 5.75 Å². The summed E-state index contributed by atoms with van der Waals surface area (Å²) < 4.78 is 37.5. The second kappa shape index (κ2) is 8.51. The maximum Gasteiger partial charge on any atom is 0.251 e. The largest absolute Gasteiger partial charge is 0.493 e. The number of fused-ring (bicyclic) bond motifs is 1. The molecular weight excluding hydrogens is 368 g/mol. The molecule has 2 aromatic carbocycles. The van der Waals surface area contributed by atoms with Gasteiger partial charge in [0.2, 0.25) is 10.0 Å². The first-order valence-corrected chi connectivity index (χ1v) is 10.1. The van der Waals surface area contributed by atoms with Crippen molar-refractivity contribution in [3.05, 3.63) is 59.7 Å². The number of nitrogens with one attached hydrogen (secondary N) is 2. The molecule has 0 spiro atoms. The minimum Gasteiger partial charge on any atom is -0.493 e. The van der Waals surface area contributed by atoms with Crippen molar-refractivity contribution < 1.29 is 22.7 Å². The molecule has 1 heterocycles. The molecule has 1 aliphatic rings. The zero-order valence-electron chi connectivity index (χ0n) is 15.0. The molecule has 8 heteroatoms. The number of ether oxygens (including phenoxy) is 2. The second-order valence-electron chi connectivity index (χ2n) is 6.12. The van der Waals surface area contributed by atoms with Crippen LogP contribution in [-0.2, 0) is 14.8 Å². The molecule has 3 rings (SSSR count). The molecule has 1 amide bonds. The van der Waals surface area contributed by atoms with Crippen LogP contribution >= 0.6 is 0 Å². The van der Waals surface area contributed by atoms with Gasteiger partial charge in [0, 0.05) is 31.2 Å². The van der Waals surface area contributed by atoms with Crippen LogP contribution in [0.15, 0.2) is 53.4 Å². The van der Waals surface area contributed by atoms with Gasteiger partial charge in [0.05, 0.1) is 24.2 Å². The third kappa shape index (κ3) is 4.65. The number of hydrogen-bond acceptors (Lipinski definition) is 5. The van der Waals surface area contributed by atoms with E-state index in [0.29, 0.717) is 13.0 Å². The summed E-state index contributed by atoms with van der Waals surface area (Å²) in [6, 6.07) is 13.4. The van der Waals surface area contributed by atoms with Crippen LogP contribution in [0, 0.1) is 0 Å². The maximum absolute atomic E-state index is 12.7. The Kier molecular flexibility index (Phi) is 6.10. The first-order chi connectivity index (χ1) is 13.0. The second-order valence-corrected chi connectivity index (χ2v) is 7.89. The van der Waals surface area contributed by atoms with E-state index in [4.69, 9.17) is 9.47 Å². The fourth-order valence-corrected chi connectivity index (χ4v) is 3.96. The molecule has 0 aromatic heterocycles. The van der Waals surface area contributed by atoms with Crippen molar-refractivity contribution in [2.75, 3.05) is 26.9 Å². The van der Waals surface area contributed by atoms with Crippen LogP contribution < -0.4 is 14.8 Å². The van der Waals surface area contributed by atoms with Gasteiger partial charge in [0.25, 0.3) is 5.91 Å². The number of para-hydroxylation sites is 1. The lowest BCUT2D eigenvalue weighted by molar-refractivity contribution is 0.0924. The Bertz CT molecular complexity index is 914. The Morgan fingerprint density at radius 3 is 2.85 bits per heavy atom. The normalized spacial score (nSPS) is 16.3. The van der Waals surface area contributed by atoms with Crippen LogP contribution in [0.25, 0.3) is 0 Å². The van der Waals surface area contributed by atoms with E-state index in [9.17, 15) is 13.2 Å². The molecule has 0 saturated heterocycles. The van der Waals surface area contributed by atoms with E-state index in [2.05, 4.69) is 10.0 Å². The molecule has 7 nitrogen and oxygen atoms in total. The van der Waals surface area contributed by atoms with Gasteiger partial charge in [-0.2, -0.15) is 0 Å². The zero-order valence-corrected chi connectivity index (χ0v) is 15.8. The van der Waals surface area contributed by atoms with E-state index in [1.807, 2.05) is 24.3 Å². The number of hydrogen-bond donors (Lipinski definition) is 2. The van der Waals surface area contributed by atoms with E-state index in [1.165, 1.54) is 19.2 Å². The Labute approximate surface area is 158 Å². The van der Waals surface area contributed by atoms with Crippen LogP contribution in [0.2, 0.25) is 0 Å². The topological polar surface area (TPSA) is 93.7 Å². The van der Waals surface area contributed by atoms with Gasteiger partial charge in [0.15, 0.2) is 0 Å². The molecule has 0 fully saturated rings. The Morgan fingerprint density at radius 1 is 1.22 bits per heavy atom. The predicted molar refractivity (Wildman–Crippen MR) is 100 cm³/mol. The standard InChI is InChI=1S/C19H22N2O5S/c1-25-12-10-20-27(23,24)15-6-4-5-14(13-15)19(22)21-17-9-11-26-18-8-3-2-7-16(17)18/h2-8,13,17,20H,9-12H2,1H3,(H,21,22)/t17-/m0/s1. The van der Waals surface area contributed by atoms with E-state index in [1.54, 1.807) is 12.1 Å². The van der Waals surface area contributed by atoms with Crippen molar-refractivity contribution in [1.29, 1.82) is 0 Å². The molecule has 1 atom stereocenters. The fourth-order valence-electron chi connectivity index (χ4n) is 2.90. The highest BCUT2D eigenvalue weighted by molar-refractivity contribution is 7.89. The Balaban J connectivity index is 1.75. The van der Waals surface area contributed by atoms with Crippen LogP contribution in [0.1, 0.15) is 28.4 Å². The molecule has 0 aliphatic carbocycles. The van der Waals surface area contributed by atoms with Crippen LogP contribution in [-0.4, -0.2) is 41.2 Å². The minimum atomic E-state index is -3.70. The summed E-state index contributed by atoms with van der Waals surface area (Å²) in [6.07, 6.45) is 0.652. The molecule has 2 N–H and O–H groups in total. The first kappa shape index (κ1) is 19.3. The summed E-state index contributed by atoms with van der Waals surface area (Å²) >= 11 is 0. The van der Waals surface area contributed by atoms with Crippen molar-refractivity contribution >= 4 is 15.9 Å². The lowest BCUT2D eigenvalue weighted by atomic mass is 10.00. The van der Waals surface area contributed by atoms with Gasteiger partial charge in [-0.15, -0.1) is 0 Å². The molecule has 27 heavy (non-hydrogen) atoms. The van der Waals surface area contributed by atoms with Gasteiger partial charge in [-0.25, -0.2) is 13.1 Å². The average molecular weight is 390 g/mol. The van der Waals surface area contributed by atoms with Crippen LogP contribution in [0.4, 0.5) is 0 Å². The molecule has 0 saturated carbocycles.